The van der Waals surface area contributed by atoms with E-state index < -0.39 is 0 Å². The van der Waals surface area contributed by atoms with Crippen LogP contribution >= 0.6 is 0 Å². The van der Waals surface area contributed by atoms with Crippen LogP contribution in [0.3, 0.4) is 0 Å². The number of amides is 1. The van der Waals surface area contributed by atoms with Crippen LogP contribution < -0.4 is 15.8 Å². The lowest BCUT2D eigenvalue weighted by atomic mass is 9.91. The molecule has 2 N–H and O–H groups in total. The summed E-state index contributed by atoms with van der Waals surface area (Å²) in [5.41, 5.74) is 6.62. The van der Waals surface area contributed by atoms with Gasteiger partial charge in [0.25, 0.3) is 11.5 Å². The number of carbonyl (C=O) groups excluding carboxylic acids is 1. The molecule has 8 nitrogen and oxygen atoms in total. The molecule has 1 amide bonds. The van der Waals surface area contributed by atoms with Crippen LogP contribution in [0, 0.1) is 0 Å². The number of aryl methyl sites for hydroxylation is 1. The molecule has 4 heterocycles. The van der Waals surface area contributed by atoms with Crippen molar-refractivity contribution in [1.29, 1.82) is 0 Å². The Morgan fingerprint density at radius 3 is 2.56 bits per heavy atom. The van der Waals surface area contributed by atoms with Crippen LogP contribution in [0.15, 0.2) is 35.4 Å². The van der Waals surface area contributed by atoms with Gasteiger partial charge in [0.2, 0.25) is 0 Å². The van der Waals surface area contributed by atoms with Crippen molar-refractivity contribution in [3.63, 3.8) is 0 Å². The fourth-order valence-corrected chi connectivity index (χ4v) is 5.16. The molecule has 2 fully saturated rings. The highest BCUT2D eigenvalue weighted by Gasteiger charge is 2.25. The average Bonchev–Trinajstić information content (AvgIpc) is 3.69. The van der Waals surface area contributed by atoms with E-state index in [0.29, 0.717) is 11.7 Å². The number of anilines is 1. The van der Waals surface area contributed by atoms with Crippen LogP contribution in [0.5, 0.6) is 0 Å². The molecule has 0 spiro atoms. The summed E-state index contributed by atoms with van der Waals surface area (Å²) in [5, 5.41) is 2.98. The SMILES string of the molecule is O=C(NC1CC1)c1ccc(N2CCN(Cc3cnc4c5c(c(=O)[nH]c4c3)CCCC5)CC2)cn1. The standard InChI is InChI=1S/C26H30N6O2/c33-25-21-4-2-1-3-20(21)24-23(30-25)13-17(14-28-24)16-31-9-11-32(12-10-31)19-7-8-22(27-15-19)26(34)29-18-5-6-18/h7-8,13-15,18H,1-6,9-12,16H2,(H,29,34)(H,30,33). The van der Waals surface area contributed by atoms with E-state index in [9.17, 15) is 9.59 Å². The van der Waals surface area contributed by atoms with Gasteiger partial charge in [0.15, 0.2) is 0 Å². The van der Waals surface area contributed by atoms with Gasteiger partial charge in [-0.3, -0.25) is 19.5 Å². The smallest absolute Gasteiger partial charge is 0.270 e. The molecule has 2 aliphatic carbocycles. The van der Waals surface area contributed by atoms with Gasteiger partial charge in [-0.05, 0) is 67.9 Å². The average molecular weight is 459 g/mol. The van der Waals surface area contributed by atoms with Gasteiger partial charge in [-0.2, -0.15) is 0 Å². The first kappa shape index (κ1) is 21.3. The number of rotatable bonds is 5. The van der Waals surface area contributed by atoms with Crippen molar-refractivity contribution in [1.82, 2.24) is 25.2 Å². The molecule has 1 aliphatic heterocycles. The van der Waals surface area contributed by atoms with Crippen LogP contribution in [-0.2, 0) is 19.4 Å². The van der Waals surface area contributed by atoms with Gasteiger partial charge in [0, 0.05) is 50.5 Å². The summed E-state index contributed by atoms with van der Waals surface area (Å²) < 4.78 is 0. The number of carbonyl (C=O) groups is 1. The lowest BCUT2D eigenvalue weighted by Crippen LogP contribution is -2.46. The molecule has 176 valence electrons. The van der Waals surface area contributed by atoms with Gasteiger partial charge in [0.05, 0.1) is 22.9 Å². The maximum Gasteiger partial charge on any atom is 0.270 e. The molecular formula is C26H30N6O2. The Hall–Kier alpha value is -3.26. The number of nitrogens with zero attached hydrogens (tertiary/aromatic N) is 4. The van der Waals surface area contributed by atoms with Crippen molar-refractivity contribution in [3.8, 4) is 0 Å². The number of fused-ring (bicyclic) bond motifs is 3. The zero-order chi connectivity index (χ0) is 23.1. The number of hydrogen-bond acceptors (Lipinski definition) is 6. The van der Waals surface area contributed by atoms with Gasteiger partial charge < -0.3 is 15.2 Å². The first-order valence-corrected chi connectivity index (χ1v) is 12.4. The van der Waals surface area contributed by atoms with E-state index >= 15 is 0 Å². The fraction of sp³-hybridized carbons (Fsp3) is 0.462. The molecule has 3 aliphatic rings. The zero-order valence-corrected chi connectivity index (χ0v) is 19.3. The molecule has 6 rings (SSSR count). The van der Waals surface area contributed by atoms with Crippen molar-refractivity contribution in [3.05, 3.63) is 63.3 Å². The minimum Gasteiger partial charge on any atom is -0.368 e. The fourth-order valence-electron chi connectivity index (χ4n) is 5.16. The molecule has 0 radical (unpaired) electrons. The Balaban J connectivity index is 1.09. The van der Waals surface area contributed by atoms with Crippen molar-refractivity contribution >= 4 is 22.6 Å². The van der Waals surface area contributed by atoms with Gasteiger partial charge in [-0.25, -0.2) is 4.98 Å². The zero-order valence-electron chi connectivity index (χ0n) is 19.3. The maximum absolute atomic E-state index is 12.5. The van der Waals surface area contributed by atoms with Crippen LogP contribution in [0.4, 0.5) is 5.69 Å². The summed E-state index contributed by atoms with van der Waals surface area (Å²) in [5.74, 6) is -0.0790. The second-order valence-corrected chi connectivity index (χ2v) is 9.77. The Morgan fingerprint density at radius 2 is 1.82 bits per heavy atom. The molecule has 3 aromatic heterocycles. The Labute approximate surface area is 198 Å². The molecule has 3 aromatic rings. The summed E-state index contributed by atoms with van der Waals surface area (Å²) in [6.07, 6.45) is 9.95. The molecule has 0 bridgehead atoms. The van der Waals surface area contributed by atoms with Gasteiger partial charge in [0.1, 0.15) is 5.69 Å². The number of aromatic amines is 1. The van der Waals surface area contributed by atoms with Crippen LogP contribution in [0.1, 0.15) is 52.9 Å². The molecule has 1 saturated heterocycles. The Bertz CT molecular complexity index is 1270. The van der Waals surface area contributed by atoms with E-state index in [1.54, 1.807) is 0 Å². The van der Waals surface area contributed by atoms with E-state index in [2.05, 4.69) is 31.2 Å². The highest BCUT2D eigenvalue weighted by molar-refractivity contribution is 5.92. The third kappa shape index (κ3) is 4.30. The van der Waals surface area contributed by atoms with Crippen LogP contribution in [0.25, 0.3) is 11.0 Å². The Kier molecular flexibility index (Phi) is 5.53. The first-order valence-electron chi connectivity index (χ1n) is 12.4. The molecule has 8 heteroatoms. The largest absolute Gasteiger partial charge is 0.368 e. The predicted octanol–water partition coefficient (Wildman–Crippen LogP) is 2.41. The quantitative estimate of drug-likeness (QED) is 0.610. The maximum atomic E-state index is 12.5. The third-order valence-corrected chi connectivity index (χ3v) is 7.26. The normalized spacial score (nSPS) is 18.6. The van der Waals surface area contributed by atoms with E-state index in [4.69, 9.17) is 4.98 Å². The minimum atomic E-state index is -0.0790. The van der Waals surface area contributed by atoms with E-state index in [0.717, 1.165) is 105 Å². The van der Waals surface area contributed by atoms with Crippen molar-refractivity contribution < 1.29 is 4.79 Å². The monoisotopic (exact) mass is 458 g/mol. The lowest BCUT2D eigenvalue weighted by Gasteiger charge is -2.36. The van der Waals surface area contributed by atoms with Crippen molar-refractivity contribution in [2.75, 3.05) is 31.1 Å². The van der Waals surface area contributed by atoms with E-state index in [1.165, 1.54) is 0 Å². The summed E-state index contributed by atoms with van der Waals surface area (Å²) in [7, 11) is 0. The van der Waals surface area contributed by atoms with Crippen LogP contribution in [0.2, 0.25) is 0 Å². The molecule has 1 saturated carbocycles. The Morgan fingerprint density at radius 1 is 1.03 bits per heavy atom. The second kappa shape index (κ2) is 8.83. The third-order valence-electron chi connectivity index (χ3n) is 7.26. The number of hydrogen-bond donors (Lipinski definition) is 2. The molecule has 0 atom stereocenters. The van der Waals surface area contributed by atoms with Gasteiger partial charge >= 0.3 is 0 Å². The predicted molar refractivity (Wildman–Crippen MR) is 131 cm³/mol. The second-order valence-electron chi connectivity index (χ2n) is 9.77. The highest BCUT2D eigenvalue weighted by Crippen LogP contribution is 2.25. The van der Waals surface area contributed by atoms with E-state index in [-0.39, 0.29) is 11.5 Å². The van der Waals surface area contributed by atoms with Gasteiger partial charge in [-0.1, -0.05) is 0 Å². The molecular weight excluding hydrogens is 428 g/mol. The highest BCUT2D eigenvalue weighted by atomic mass is 16.2. The summed E-state index contributed by atoms with van der Waals surface area (Å²) >= 11 is 0. The number of nitrogens with one attached hydrogen (secondary N) is 2. The molecule has 0 unspecified atom stereocenters. The molecule has 0 aromatic carbocycles. The number of aromatic nitrogens is 3. The topological polar surface area (TPSA) is 94.2 Å². The summed E-state index contributed by atoms with van der Waals surface area (Å²) in [4.78, 5) is 41.6. The lowest BCUT2D eigenvalue weighted by molar-refractivity contribution is 0.0946. The van der Waals surface area contributed by atoms with Crippen LogP contribution in [-0.4, -0.2) is 58.0 Å². The minimum absolute atomic E-state index is 0.0550. The number of pyridine rings is 3. The number of piperazine rings is 1. The first-order chi connectivity index (χ1) is 16.6. The van der Waals surface area contributed by atoms with Gasteiger partial charge in [-0.15, -0.1) is 0 Å². The summed E-state index contributed by atoms with van der Waals surface area (Å²) in [6, 6.07) is 6.25. The molecule has 34 heavy (non-hydrogen) atoms. The van der Waals surface area contributed by atoms with Crippen molar-refractivity contribution in [2.45, 2.75) is 51.1 Å². The van der Waals surface area contributed by atoms with Crippen molar-refractivity contribution in [2.24, 2.45) is 0 Å². The van der Waals surface area contributed by atoms with E-state index in [1.807, 2.05) is 24.5 Å². The number of H-pyrrole nitrogens is 1. The summed E-state index contributed by atoms with van der Waals surface area (Å²) in [6.45, 7) is 4.49.